The number of hydrogen-bond acceptors (Lipinski definition) is 9. The molecule has 2 aliphatic heterocycles. The molecule has 1 fully saturated rings. The first-order valence-corrected chi connectivity index (χ1v) is 16.9. The topological polar surface area (TPSA) is 160 Å². The number of carbonyl (C=O) groups excluding carboxylic acids is 2. The lowest BCUT2D eigenvalue weighted by molar-refractivity contribution is -0.123. The summed E-state index contributed by atoms with van der Waals surface area (Å²) < 4.78 is 35.1. The summed E-state index contributed by atoms with van der Waals surface area (Å²) in [5, 5.41) is 36.7. The Kier molecular flexibility index (Phi) is 11.7. The van der Waals surface area contributed by atoms with E-state index in [1.54, 1.807) is 24.4 Å². The van der Waals surface area contributed by atoms with E-state index in [9.17, 15) is 19.1 Å². The Labute approximate surface area is 290 Å². The second kappa shape index (κ2) is 16.1. The van der Waals surface area contributed by atoms with Gasteiger partial charge in [0.1, 0.15) is 6.07 Å². The lowest BCUT2D eigenvalue weighted by Crippen LogP contribution is -2.41. The molecule has 0 radical (unpaired) electrons. The van der Waals surface area contributed by atoms with Crippen LogP contribution in [0.5, 0.6) is 5.75 Å². The van der Waals surface area contributed by atoms with Gasteiger partial charge in [0.15, 0.2) is 24.0 Å². The maximum absolute atomic E-state index is 15.3. The van der Waals surface area contributed by atoms with E-state index in [0.717, 1.165) is 11.3 Å². The number of amides is 1. The van der Waals surface area contributed by atoms with Crippen LogP contribution in [0.4, 0.5) is 14.5 Å². The minimum Gasteiger partial charge on any atom is -0.476 e. The molecule has 12 heteroatoms. The number of aliphatic imine (C=N–C) groups is 1. The summed E-state index contributed by atoms with van der Waals surface area (Å²) in [7, 11) is 0. The summed E-state index contributed by atoms with van der Waals surface area (Å²) in [4.78, 5) is 30.3. The van der Waals surface area contributed by atoms with Gasteiger partial charge in [0.25, 0.3) is 0 Å². The number of Topliss-reactive ketones (excluding diaryl/α,β-unsaturated/α-hetero) is 1. The van der Waals surface area contributed by atoms with Crippen LogP contribution < -0.4 is 20.7 Å². The van der Waals surface area contributed by atoms with Gasteiger partial charge in [0.05, 0.1) is 23.1 Å². The van der Waals surface area contributed by atoms with Crippen LogP contribution >= 0.6 is 0 Å². The Balaban J connectivity index is 1.20. The zero-order valence-corrected chi connectivity index (χ0v) is 28.2. The maximum Gasteiger partial charge on any atom is 0.237 e. The summed E-state index contributed by atoms with van der Waals surface area (Å²) in [6, 6.07) is 9.39. The summed E-state index contributed by atoms with van der Waals surface area (Å²) in [6.07, 6.45) is 10.7. The number of aliphatic hydroxyl groups is 1. The second-order valence-electron chi connectivity index (χ2n) is 12.9. The van der Waals surface area contributed by atoms with Crippen LogP contribution in [0, 0.1) is 41.2 Å². The number of halogens is 2. The highest BCUT2D eigenvalue weighted by molar-refractivity contribution is 6.13. The molecule has 2 aromatic rings. The number of anilines is 1. The van der Waals surface area contributed by atoms with Crippen LogP contribution in [0.15, 0.2) is 65.4 Å². The van der Waals surface area contributed by atoms with Crippen molar-refractivity contribution in [2.75, 3.05) is 25.0 Å². The van der Waals surface area contributed by atoms with Crippen molar-refractivity contribution < 1.29 is 28.2 Å². The van der Waals surface area contributed by atoms with Crippen molar-refractivity contribution in [3.63, 3.8) is 0 Å². The zero-order chi connectivity index (χ0) is 35.8. The Hall–Kier alpha value is -4.99. The molecular weight excluding hydrogens is 642 g/mol. The third-order valence-electron chi connectivity index (χ3n) is 9.36. The normalized spacial score (nSPS) is 23.1. The Morgan fingerprint density at radius 1 is 1.22 bits per heavy atom. The number of allylic oxidation sites excluding steroid dienone is 5. The highest BCUT2D eigenvalue weighted by Crippen LogP contribution is 2.39. The van der Waals surface area contributed by atoms with Crippen LogP contribution in [0.2, 0.25) is 0 Å². The molecule has 2 heterocycles. The third kappa shape index (κ3) is 8.41. The molecule has 10 nitrogen and oxygen atoms in total. The van der Waals surface area contributed by atoms with Crippen molar-refractivity contribution >= 4 is 34.4 Å². The third-order valence-corrected chi connectivity index (χ3v) is 9.36. The van der Waals surface area contributed by atoms with E-state index in [1.165, 1.54) is 12.1 Å². The number of ketones is 1. The van der Waals surface area contributed by atoms with Gasteiger partial charge in [-0.3, -0.25) is 14.6 Å². The molecule has 0 bridgehead atoms. The summed E-state index contributed by atoms with van der Waals surface area (Å²) in [5.74, 6) is -3.28. The number of carbonyl (C=O) groups is 2. The molecule has 3 atom stereocenters. The average Bonchev–Trinajstić information content (AvgIpc) is 3.72. The van der Waals surface area contributed by atoms with Crippen molar-refractivity contribution in [2.45, 2.75) is 70.4 Å². The Morgan fingerprint density at radius 2 is 2.04 bits per heavy atom. The number of hydrogen-bond donors (Lipinski definition) is 5. The highest BCUT2D eigenvalue weighted by atomic mass is 19.2. The maximum atomic E-state index is 15.3. The second-order valence-corrected chi connectivity index (χ2v) is 12.9. The Morgan fingerprint density at radius 3 is 2.78 bits per heavy atom. The molecule has 0 saturated carbocycles. The predicted octanol–water partition coefficient (Wildman–Crippen LogP) is 5.93. The smallest absolute Gasteiger partial charge is 0.237 e. The number of nitriles is 1. The number of aryl methyl sites for hydroxylation is 1. The number of nitrogens with zero attached hydrogens (tertiary/aromatic N) is 2. The fourth-order valence-corrected chi connectivity index (χ4v) is 6.47. The van der Waals surface area contributed by atoms with Gasteiger partial charge in [-0.2, -0.15) is 9.65 Å². The van der Waals surface area contributed by atoms with Crippen molar-refractivity contribution in [3.05, 3.63) is 88.8 Å². The Bertz CT molecular complexity index is 1830. The summed E-state index contributed by atoms with van der Waals surface area (Å²) in [6.45, 7) is 3.90. The minimum atomic E-state index is -1.15. The summed E-state index contributed by atoms with van der Waals surface area (Å²) >= 11 is 0. The van der Waals surface area contributed by atoms with Gasteiger partial charge in [-0.15, -0.1) is 0 Å². The summed E-state index contributed by atoms with van der Waals surface area (Å²) in [5.41, 5.74) is 3.29. The van der Waals surface area contributed by atoms with Gasteiger partial charge >= 0.3 is 0 Å². The molecule has 1 saturated heterocycles. The van der Waals surface area contributed by atoms with Gasteiger partial charge in [0, 0.05) is 67.0 Å². The van der Waals surface area contributed by atoms with Crippen molar-refractivity contribution in [1.82, 2.24) is 10.6 Å². The number of fused-ring (bicyclic) bond motifs is 1. The van der Waals surface area contributed by atoms with Crippen LogP contribution in [-0.4, -0.2) is 59.6 Å². The fourth-order valence-electron chi connectivity index (χ4n) is 6.47. The van der Waals surface area contributed by atoms with Crippen LogP contribution in [-0.2, 0) is 4.79 Å². The van der Waals surface area contributed by atoms with E-state index in [0.29, 0.717) is 61.2 Å². The quantitative estimate of drug-likeness (QED) is 0.0994. The highest BCUT2D eigenvalue weighted by Gasteiger charge is 2.38. The molecule has 2 aromatic carbocycles. The van der Waals surface area contributed by atoms with Crippen molar-refractivity contribution in [1.29, 1.82) is 10.7 Å². The molecule has 1 aliphatic carbocycles. The number of nitrogens with one attached hydrogen (secondary N) is 4. The van der Waals surface area contributed by atoms with Gasteiger partial charge in [-0.1, -0.05) is 25.2 Å². The molecule has 1 amide bonds. The SMILES string of the molecule is CC[C@@]1(O)CN[C@H](C(=O)NCCC(=N)CC(=O)c2ccc(N/C3=C\C/C=C\CCC4C(c5ccc(OCC#N)c(F)c5F)=CN=C34)cc2C)C1. The molecule has 0 spiro atoms. The zero-order valence-electron chi connectivity index (χ0n) is 28.2. The molecule has 3 aliphatic rings. The van der Waals surface area contributed by atoms with E-state index in [1.807, 2.05) is 32.1 Å². The lowest BCUT2D eigenvalue weighted by atomic mass is 9.86. The molecule has 5 rings (SSSR count). The predicted molar refractivity (Wildman–Crippen MR) is 188 cm³/mol. The first kappa shape index (κ1) is 36.3. The number of ether oxygens (including phenoxy) is 1. The van der Waals surface area contributed by atoms with Crippen molar-refractivity contribution in [3.8, 4) is 11.8 Å². The van der Waals surface area contributed by atoms with Gasteiger partial charge in [0.2, 0.25) is 11.7 Å². The number of benzene rings is 2. The molecule has 50 heavy (non-hydrogen) atoms. The molecular formula is C38H42F2N6O4. The standard InChI is InChI=1S/C38H42F2N6O4/c1-3-38(49)20-31(45-22-38)37(48)43-16-14-24(42)19-32(47)26-11-10-25(18-23(26)2)46-30-9-7-5-4-6-8-28-29(21-44-36(28)30)27-12-13-33(50-17-15-41)35(40)34(27)39/h4-5,9-13,18,21,28,31,42,45-46,49H,3,6-8,14,16-17,19-20,22H2,1-2H3,(H,43,48)/b5-4-,30-9-,42-24?/t28?,31-,38-/m0/s1. The molecule has 262 valence electrons. The van der Waals surface area contributed by atoms with Crippen LogP contribution in [0.3, 0.4) is 0 Å². The first-order chi connectivity index (χ1) is 24.0. The number of rotatable bonds is 13. The van der Waals surface area contributed by atoms with E-state index in [4.69, 9.17) is 15.4 Å². The van der Waals surface area contributed by atoms with E-state index in [2.05, 4.69) is 27.0 Å². The van der Waals surface area contributed by atoms with Gasteiger partial charge < -0.3 is 31.2 Å². The van der Waals surface area contributed by atoms with Gasteiger partial charge in [-0.25, -0.2) is 4.39 Å². The molecule has 5 N–H and O–H groups in total. The lowest BCUT2D eigenvalue weighted by Gasteiger charge is -2.21. The molecule has 0 aromatic heterocycles. The van der Waals surface area contributed by atoms with Crippen molar-refractivity contribution in [2.24, 2.45) is 10.9 Å². The van der Waals surface area contributed by atoms with E-state index >= 15 is 4.39 Å². The van der Waals surface area contributed by atoms with E-state index < -0.39 is 29.9 Å². The average molecular weight is 685 g/mol. The van der Waals surface area contributed by atoms with Gasteiger partial charge in [-0.05, 0) is 74.1 Å². The monoisotopic (exact) mass is 684 g/mol. The largest absolute Gasteiger partial charge is 0.476 e. The van der Waals surface area contributed by atoms with E-state index in [-0.39, 0.29) is 54.0 Å². The van der Waals surface area contributed by atoms with Crippen LogP contribution in [0.25, 0.3) is 5.57 Å². The number of β-amino-alcohol motifs (C(OH)–C–C–N with tert-alkyl or cyclic N) is 1. The van der Waals surface area contributed by atoms with Crippen LogP contribution in [0.1, 0.15) is 73.4 Å². The first-order valence-electron chi connectivity index (χ1n) is 16.9. The molecule has 1 unspecified atom stereocenters. The minimum absolute atomic E-state index is 0.0756. The fraction of sp³-hybridized carbons (Fsp3) is 0.395.